The largest absolute Gasteiger partial charge is 0.497 e. The predicted molar refractivity (Wildman–Crippen MR) is 66.2 cm³/mol. The molecule has 88 valence electrons. The van der Waals surface area contributed by atoms with Crippen molar-refractivity contribution in [1.29, 1.82) is 0 Å². The molecule has 1 amide bonds. The maximum absolute atomic E-state index is 11.5. The Morgan fingerprint density at radius 3 is 2.81 bits per heavy atom. The fraction of sp³-hybridized carbons (Fsp3) is 0.417. The zero-order valence-corrected chi connectivity index (χ0v) is 10.3. The maximum atomic E-state index is 11.5. The van der Waals surface area contributed by atoms with Gasteiger partial charge in [-0.15, -0.1) is 0 Å². The third kappa shape index (κ3) is 3.74. The molecule has 3 nitrogen and oxygen atoms in total. The molecule has 0 atom stereocenters. The van der Waals surface area contributed by atoms with Gasteiger partial charge in [0.2, 0.25) is 5.91 Å². The van der Waals surface area contributed by atoms with Gasteiger partial charge in [0.05, 0.1) is 17.8 Å². The molecular formula is C12H16ClNO2. The first-order valence-electron chi connectivity index (χ1n) is 5.30. The number of nitrogens with one attached hydrogen (secondary N) is 1. The maximum Gasteiger partial charge on any atom is 0.224 e. The molecule has 1 rings (SSSR count). The summed E-state index contributed by atoms with van der Waals surface area (Å²) in [6.45, 7) is 2.05. The first kappa shape index (κ1) is 12.8. The van der Waals surface area contributed by atoms with Crippen molar-refractivity contribution in [3.05, 3.63) is 23.2 Å². The molecular weight excluding hydrogens is 226 g/mol. The molecule has 0 heterocycles. The summed E-state index contributed by atoms with van der Waals surface area (Å²) >= 11 is 5.99. The van der Waals surface area contributed by atoms with Crippen molar-refractivity contribution in [3.8, 4) is 5.75 Å². The van der Waals surface area contributed by atoms with E-state index < -0.39 is 0 Å². The molecule has 0 saturated carbocycles. The van der Waals surface area contributed by atoms with Crippen molar-refractivity contribution in [3.63, 3.8) is 0 Å². The SMILES string of the molecule is CCCCC(=O)Nc1ccc(OC)cc1Cl. The quantitative estimate of drug-likeness (QED) is 0.857. The van der Waals surface area contributed by atoms with Gasteiger partial charge in [-0.05, 0) is 18.6 Å². The molecule has 0 aliphatic carbocycles. The lowest BCUT2D eigenvalue weighted by Crippen LogP contribution is -2.11. The van der Waals surface area contributed by atoms with E-state index in [4.69, 9.17) is 16.3 Å². The number of carbonyl (C=O) groups is 1. The second-order valence-corrected chi connectivity index (χ2v) is 3.90. The highest BCUT2D eigenvalue weighted by Crippen LogP contribution is 2.26. The van der Waals surface area contributed by atoms with Crippen LogP contribution in [0.3, 0.4) is 0 Å². The minimum absolute atomic E-state index is 0.00563. The van der Waals surface area contributed by atoms with E-state index in [1.807, 2.05) is 6.92 Å². The molecule has 1 aromatic carbocycles. The zero-order valence-electron chi connectivity index (χ0n) is 9.55. The van der Waals surface area contributed by atoms with Gasteiger partial charge in [-0.25, -0.2) is 0 Å². The van der Waals surface area contributed by atoms with Crippen LogP contribution in [0.4, 0.5) is 5.69 Å². The molecule has 0 aliphatic rings. The summed E-state index contributed by atoms with van der Waals surface area (Å²) in [4.78, 5) is 11.5. The molecule has 1 aromatic rings. The van der Waals surface area contributed by atoms with Crippen molar-refractivity contribution < 1.29 is 9.53 Å². The van der Waals surface area contributed by atoms with Crippen LogP contribution in [-0.4, -0.2) is 13.0 Å². The van der Waals surface area contributed by atoms with Gasteiger partial charge in [-0.2, -0.15) is 0 Å². The minimum Gasteiger partial charge on any atom is -0.497 e. The van der Waals surface area contributed by atoms with Crippen LogP contribution in [0.2, 0.25) is 5.02 Å². The van der Waals surface area contributed by atoms with Crippen LogP contribution in [0, 0.1) is 0 Å². The van der Waals surface area contributed by atoms with Crippen LogP contribution in [0.25, 0.3) is 0 Å². The third-order valence-electron chi connectivity index (χ3n) is 2.21. The molecule has 16 heavy (non-hydrogen) atoms. The average Bonchev–Trinajstić information content (AvgIpc) is 2.29. The van der Waals surface area contributed by atoms with Gasteiger partial charge >= 0.3 is 0 Å². The van der Waals surface area contributed by atoms with Crippen LogP contribution in [0.1, 0.15) is 26.2 Å². The highest BCUT2D eigenvalue weighted by molar-refractivity contribution is 6.33. The predicted octanol–water partition coefficient (Wildman–Crippen LogP) is 3.48. The second kappa shape index (κ2) is 6.38. The van der Waals surface area contributed by atoms with E-state index in [1.54, 1.807) is 25.3 Å². The second-order valence-electron chi connectivity index (χ2n) is 3.50. The number of benzene rings is 1. The Morgan fingerprint density at radius 2 is 2.25 bits per heavy atom. The Morgan fingerprint density at radius 1 is 1.50 bits per heavy atom. The number of methoxy groups -OCH3 is 1. The van der Waals surface area contributed by atoms with E-state index in [-0.39, 0.29) is 5.91 Å². The van der Waals surface area contributed by atoms with Gasteiger partial charge in [0, 0.05) is 12.5 Å². The number of halogens is 1. The molecule has 0 fully saturated rings. The number of amides is 1. The van der Waals surface area contributed by atoms with E-state index in [0.717, 1.165) is 12.8 Å². The summed E-state index contributed by atoms with van der Waals surface area (Å²) in [7, 11) is 1.57. The molecule has 4 heteroatoms. The smallest absolute Gasteiger partial charge is 0.224 e. The van der Waals surface area contributed by atoms with Crippen LogP contribution >= 0.6 is 11.6 Å². The summed E-state index contributed by atoms with van der Waals surface area (Å²) in [5.41, 5.74) is 0.628. The van der Waals surface area contributed by atoms with Crippen molar-refractivity contribution in [2.75, 3.05) is 12.4 Å². The fourth-order valence-corrected chi connectivity index (χ4v) is 1.49. The van der Waals surface area contributed by atoms with Gasteiger partial charge in [-0.1, -0.05) is 24.9 Å². The molecule has 0 aromatic heterocycles. The average molecular weight is 242 g/mol. The first-order valence-corrected chi connectivity index (χ1v) is 5.68. The Hall–Kier alpha value is -1.22. The molecule has 0 unspecified atom stereocenters. The molecule has 0 aliphatic heterocycles. The molecule has 0 radical (unpaired) electrons. The Bertz CT molecular complexity index is 366. The van der Waals surface area contributed by atoms with E-state index in [0.29, 0.717) is 22.9 Å². The van der Waals surface area contributed by atoms with Crippen molar-refractivity contribution in [2.45, 2.75) is 26.2 Å². The number of ether oxygens (including phenoxy) is 1. The van der Waals surface area contributed by atoms with Crippen LogP contribution in [-0.2, 0) is 4.79 Å². The Kier molecular flexibility index (Phi) is 5.12. The van der Waals surface area contributed by atoms with Crippen LogP contribution < -0.4 is 10.1 Å². The topological polar surface area (TPSA) is 38.3 Å². The number of hydrogen-bond acceptors (Lipinski definition) is 2. The van der Waals surface area contributed by atoms with Gasteiger partial charge < -0.3 is 10.1 Å². The summed E-state index contributed by atoms with van der Waals surface area (Å²) in [5, 5.41) is 3.26. The van der Waals surface area contributed by atoms with E-state index in [9.17, 15) is 4.79 Å². The minimum atomic E-state index is -0.00563. The third-order valence-corrected chi connectivity index (χ3v) is 2.52. The summed E-state index contributed by atoms with van der Waals surface area (Å²) < 4.78 is 5.02. The summed E-state index contributed by atoms with van der Waals surface area (Å²) in [6.07, 6.45) is 2.42. The lowest BCUT2D eigenvalue weighted by molar-refractivity contribution is -0.116. The van der Waals surface area contributed by atoms with Crippen molar-refractivity contribution in [1.82, 2.24) is 0 Å². The number of anilines is 1. The number of hydrogen-bond donors (Lipinski definition) is 1. The highest BCUT2D eigenvalue weighted by atomic mass is 35.5. The lowest BCUT2D eigenvalue weighted by Gasteiger charge is -2.08. The lowest BCUT2D eigenvalue weighted by atomic mass is 10.2. The van der Waals surface area contributed by atoms with E-state index in [2.05, 4.69) is 5.32 Å². The molecule has 0 saturated heterocycles. The van der Waals surface area contributed by atoms with Gasteiger partial charge in [-0.3, -0.25) is 4.79 Å². The molecule has 0 bridgehead atoms. The standard InChI is InChI=1S/C12H16ClNO2/c1-3-4-5-12(15)14-11-7-6-9(16-2)8-10(11)13/h6-8H,3-5H2,1-2H3,(H,14,15). The summed E-state index contributed by atoms with van der Waals surface area (Å²) in [6, 6.07) is 5.18. The van der Waals surface area contributed by atoms with Crippen molar-refractivity contribution in [2.24, 2.45) is 0 Å². The molecule has 1 N–H and O–H groups in total. The Balaban J connectivity index is 2.63. The van der Waals surface area contributed by atoms with Crippen LogP contribution in [0.15, 0.2) is 18.2 Å². The monoisotopic (exact) mass is 241 g/mol. The van der Waals surface area contributed by atoms with Crippen molar-refractivity contribution >= 4 is 23.2 Å². The van der Waals surface area contributed by atoms with Gasteiger partial charge in [0.25, 0.3) is 0 Å². The summed E-state index contributed by atoms with van der Waals surface area (Å²) in [5.74, 6) is 0.672. The normalized spacial score (nSPS) is 9.94. The van der Waals surface area contributed by atoms with E-state index >= 15 is 0 Å². The molecule has 0 spiro atoms. The number of rotatable bonds is 5. The van der Waals surface area contributed by atoms with E-state index in [1.165, 1.54) is 0 Å². The Labute approximate surface area is 101 Å². The zero-order chi connectivity index (χ0) is 12.0. The highest BCUT2D eigenvalue weighted by Gasteiger charge is 2.06. The van der Waals surface area contributed by atoms with Crippen LogP contribution in [0.5, 0.6) is 5.75 Å². The first-order chi connectivity index (χ1) is 7.67. The fourth-order valence-electron chi connectivity index (χ4n) is 1.27. The number of unbranched alkanes of at least 4 members (excludes halogenated alkanes) is 1. The number of carbonyl (C=O) groups excluding carboxylic acids is 1. The van der Waals surface area contributed by atoms with Gasteiger partial charge in [0.15, 0.2) is 0 Å². The van der Waals surface area contributed by atoms with Gasteiger partial charge in [0.1, 0.15) is 5.75 Å².